The fourth-order valence-electron chi connectivity index (χ4n) is 3.45. The van der Waals surface area contributed by atoms with Crippen LogP contribution in [0.2, 0.25) is 0 Å². The predicted molar refractivity (Wildman–Crippen MR) is 135 cm³/mol. The minimum Gasteiger partial charge on any atom is -0.387 e. The number of H-pyrrole nitrogens is 1. The third-order valence-corrected chi connectivity index (χ3v) is 7.79. The number of rotatable bonds is 13. The first-order valence-electron chi connectivity index (χ1n) is 11.6. The second-order valence-corrected chi connectivity index (χ2v) is 11.4. The average Bonchev–Trinajstić information content (AvgIpc) is 3.43. The van der Waals surface area contributed by atoms with Crippen LogP contribution in [-0.2, 0) is 39.6 Å². The first-order valence-corrected chi connectivity index (χ1v) is 14.1. The van der Waals surface area contributed by atoms with E-state index in [1.54, 1.807) is 13.8 Å². The van der Waals surface area contributed by atoms with Crippen molar-refractivity contribution in [3.8, 4) is 12.1 Å². The molecule has 2 aromatic heterocycles. The highest BCUT2D eigenvalue weighted by molar-refractivity contribution is 8.07. The number of aromatic amines is 1. The number of methoxy groups -OCH3 is 1. The van der Waals surface area contributed by atoms with Crippen LogP contribution in [0.25, 0.3) is 11.2 Å². The summed E-state index contributed by atoms with van der Waals surface area (Å²) >= 11 is 5.37. The Morgan fingerprint density at radius 3 is 2.55 bits per heavy atom. The number of hydrogen-bond donors (Lipinski definition) is 3. The van der Waals surface area contributed by atoms with Crippen molar-refractivity contribution in [3.05, 3.63) is 16.7 Å². The molecule has 0 radical (unpaired) electrons. The number of aromatic nitrogens is 4. The molecule has 0 aliphatic carbocycles. The second kappa shape index (κ2) is 13.3. The number of anilines is 1. The third kappa shape index (κ3) is 6.99. The Bertz CT molecular complexity index is 1300. The lowest BCUT2D eigenvalue weighted by atomic mass is 10.1. The van der Waals surface area contributed by atoms with Crippen molar-refractivity contribution in [2.24, 2.45) is 5.92 Å². The monoisotopic (exact) mass is 569 g/mol. The number of carbonyl (C=O) groups excluding carboxylic acids is 1. The Balaban J connectivity index is 1.82. The number of imidazole rings is 1. The first kappa shape index (κ1) is 29.8. The molecule has 15 nitrogen and oxygen atoms in total. The lowest BCUT2D eigenvalue weighted by Gasteiger charge is -2.23. The molecule has 0 bridgehead atoms. The summed E-state index contributed by atoms with van der Waals surface area (Å²) in [6, 6.07) is 3.85. The van der Waals surface area contributed by atoms with Crippen molar-refractivity contribution in [2.45, 2.75) is 51.2 Å². The summed E-state index contributed by atoms with van der Waals surface area (Å²) in [7, 11) is 1.38. The average molecular weight is 570 g/mol. The topological polar surface area (TPSA) is 207 Å². The highest BCUT2D eigenvalue weighted by atomic mass is 32.5. The normalized spacial score (nSPS) is 21.4. The molecule has 3 N–H and O–H groups in total. The van der Waals surface area contributed by atoms with Gasteiger partial charge in [0.25, 0.3) is 5.56 Å². The molecule has 1 aliphatic heterocycles. The first-order chi connectivity index (χ1) is 18.1. The van der Waals surface area contributed by atoms with Gasteiger partial charge in [-0.3, -0.25) is 24.5 Å². The molecule has 1 saturated heterocycles. The van der Waals surface area contributed by atoms with Crippen molar-refractivity contribution < 1.29 is 32.9 Å². The lowest BCUT2D eigenvalue weighted by Crippen LogP contribution is -2.35. The largest absolute Gasteiger partial charge is 0.387 e. The highest BCUT2D eigenvalue weighted by Gasteiger charge is 2.46. The van der Waals surface area contributed by atoms with Crippen LogP contribution >= 0.6 is 6.72 Å². The smallest absolute Gasteiger partial charge is 0.327 e. The van der Waals surface area contributed by atoms with Crippen LogP contribution in [0.3, 0.4) is 0 Å². The van der Waals surface area contributed by atoms with E-state index in [0.717, 1.165) is 0 Å². The van der Waals surface area contributed by atoms with Crippen LogP contribution < -0.4 is 10.9 Å². The number of ether oxygens (including phenoxy) is 2. The number of hydrogen-bond acceptors (Lipinski definition) is 13. The molecule has 17 heteroatoms. The van der Waals surface area contributed by atoms with E-state index < -0.39 is 36.8 Å². The molecule has 0 saturated carbocycles. The van der Waals surface area contributed by atoms with Gasteiger partial charge in [0.15, 0.2) is 17.4 Å². The van der Waals surface area contributed by atoms with Gasteiger partial charge < -0.3 is 28.2 Å². The van der Waals surface area contributed by atoms with Gasteiger partial charge in [0, 0.05) is 13.0 Å². The minimum absolute atomic E-state index is 0.00697. The summed E-state index contributed by atoms with van der Waals surface area (Å²) in [5.41, 5.74) is -0.490. The summed E-state index contributed by atoms with van der Waals surface area (Å²) in [5.74, 6) is -0.761. The molecule has 2 aromatic rings. The lowest BCUT2D eigenvalue weighted by molar-refractivity contribution is -0.118. The van der Waals surface area contributed by atoms with Crippen LogP contribution in [0, 0.1) is 28.6 Å². The third-order valence-electron chi connectivity index (χ3n) is 5.38. The maximum atomic E-state index is 12.5. The van der Waals surface area contributed by atoms with E-state index in [2.05, 4.69) is 20.3 Å². The number of nitrogens with one attached hydrogen (secondary N) is 2. The quantitative estimate of drug-likeness (QED) is 0.228. The molecule has 38 heavy (non-hydrogen) atoms. The van der Waals surface area contributed by atoms with Gasteiger partial charge in [0.05, 0.1) is 51.1 Å². The SMILES string of the molecule is CO[C@@H]1[C@H](O)[C@@H](COP(=S)(OCCC#N)OCCC#N)O[C@H]1n1cnc2c(=O)[nH]c(NC(=O)C(C)C)nc21. The Morgan fingerprint density at radius 2 is 1.97 bits per heavy atom. The molecule has 0 aromatic carbocycles. The van der Waals surface area contributed by atoms with Gasteiger partial charge in [-0.25, -0.2) is 4.98 Å². The van der Waals surface area contributed by atoms with Crippen molar-refractivity contribution in [1.29, 1.82) is 10.5 Å². The Labute approximate surface area is 222 Å². The molecule has 1 amide bonds. The zero-order valence-corrected chi connectivity index (χ0v) is 22.6. The molecule has 3 rings (SSSR count). The minimum atomic E-state index is -3.36. The van der Waals surface area contributed by atoms with Crippen LogP contribution in [0.15, 0.2) is 11.1 Å². The number of nitriles is 2. The van der Waals surface area contributed by atoms with E-state index in [4.69, 9.17) is 45.4 Å². The van der Waals surface area contributed by atoms with Gasteiger partial charge in [-0.05, 0) is 11.8 Å². The number of nitrogens with zero attached hydrogens (tertiary/aromatic N) is 5. The Kier molecular flexibility index (Phi) is 10.4. The number of amides is 1. The van der Waals surface area contributed by atoms with Crippen LogP contribution in [-0.4, -0.2) is 75.8 Å². The molecule has 0 unspecified atom stereocenters. The Hall–Kier alpha value is -2.79. The maximum absolute atomic E-state index is 12.5. The molecule has 206 valence electrons. The van der Waals surface area contributed by atoms with Crippen molar-refractivity contribution in [2.75, 3.05) is 32.2 Å². The molecule has 3 heterocycles. The van der Waals surface area contributed by atoms with E-state index in [9.17, 15) is 14.7 Å². The summed E-state index contributed by atoms with van der Waals surface area (Å²) < 4.78 is 29.6. The summed E-state index contributed by atoms with van der Waals surface area (Å²) in [6.07, 6.45) is -2.65. The van der Waals surface area contributed by atoms with Gasteiger partial charge >= 0.3 is 6.72 Å². The predicted octanol–water partition coefficient (Wildman–Crippen LogP) is 1.09. The van der Waals surface area contributed by atoms with Crippen LogP contribution in [0.1, 0.15) is 32.9 Å². The zero-order valence-electron chi connectivity index (χ0n) is 20.9. The zero-order chi connectivity index (χ0) is 27.9. The van der Waals surface area contributed by atoms with Crippen LogP contribution in [0.5, 0.6) is 0 Å². The van der Waals surface area contributed by atoms with E-state index in [1.165, 1.54) is 18.0 Å². The number of carbonyl (C=O) groups is 1. The number of aliphatic hydroxyl groups excluding tert-OH is 1. The van der Waals surface area contributed by atoms with E-state index >= 15 is 0 Å². The fourth-order valence-corrected chi connectivity index (χ4v) is 5.26. The van der Waals surface area contributed by atoms with Crippen molar-refractivity contribution >= 4 is 41.5 Å². The second-order valence-electron chi connectivity index (χ2n) is 8.36. The summed E-state index contributed by atoms with van der Waals surface area (Å²) in [6.45, 7) is -0.298. The summed E-state index contributed by atoms with van der Waals surface area (Å²) in [5, 5.41) is 31.0. The van der Waals surface area contributed by atoms with Crippen molar-refractivity contribution in [3.63, 3.8) is 0 Å². The van der Waals surface area contributed by atoms with Gasteiger partial charge in [-0.1, -0.05) is 13.8 Å². The van der Waals surface area contributed by atoms with Crippen molar-refractivity contribution in [1.82, 2.24) is 19.5 Å². The van der Waals surface area contributed by atoms with Gasteiger partial charge in [-0.2, -0.15) is 15.5 Å². The molecule has 4 atom stereocenters. The van der Waals surface area contributed by atoms with E-state index in [1.807, 2.05) is 12.1 Å². The number of aliphatic hydroxyl groups is 1. The highest BCUT2D eigenvalue weighted by Crippen LogP contribution is 2.50. The maximum Gasteiger partial charge on any atom is 0.327 e. The summed E-state index contributed by atoms with van der Waals surface area (Å²) in [4.78, 5) is 35.5. The van der Waals surface area contributed by atoms with Gasteiger partial charge in [0.2, 0.25) is 11.9 Å². The molecule has 0 spiro atoms. The molecule has 1 fully saturated rings. The van der Waals surface area contributed by atoms with E-state index in [0.29, 0.717) is 0 Å². The molecule has 1 aliphatic rings. The molecular weight excluding hydrogens is 541 g/mol. The standard InChI is InChI=1S/C21H28N7O8PS/c1-12(2)18(30)26-21-25-17-14(19(31)27-21)24-11-28(17)20-16(32-3)15(29)13(36-20)10-35-37(38,33-8-4-6-22)34-9-5-7-23/h11-13,15-16,20,29H,4-5,8-10H2,1-3H3,(H2,25,26,27,30,31)/t13-,15-,16-,20-/m1/s1. The van der Waals surface area contributed by atoms with Gasteiger partial charge in [-0.15, -0.1) is 0 Å². The van der Waals surface area contributed by atoms with Gasteiger partial charge in [0.1, 0.15) is 18.3 Å². The molecular formula is C21H28N7O8PS. The van der Waals surface area contributed by atoms with E-state index in [-0.39, 0.29) is 61.6 Å². The number of fused-ring (bicyclic) bond motifs is 1. The fraction of sp³-hybridized carbons (Fsp3) is 0.619. The van der Waals surface area contributed by atoms with Crippen LogP contribution in [0.4, 0.5) is 5.95 Å². The Morgan fingerprint density at radius 1 is 1.32 bits per heavy atom.